The van der Waals surface area contributed by atoms with Gasteiger partial charge in [0.25, 0.3) is 0 Å². The first-order valence-electron chi connectivity index (χ1n) is 4.59. The van der Waals surface area contributed by atoms with Gasteiger partial charge in [0.05, 0.1) is 0 Å². The minimum atomic E-state index is -0.983. The lowest BCUT2D eigenvalue weighted by Gasteiger charge is -1.92. The fraction of sp³-hybridized carbons (Fsp3) is 0.167. The van der Waals surface area contributed by atoms with Gasteiger partial charge < -0.3 is 15.0 Å². The average Bonchev–Trinajstić information content (AvgIpc) is 2.16. The fourth-order valence-corrected chi connectivity index (χ4v) is 0.753. The molecular weight excluding hydrogens is 208 g/mol. The van der Waals surface area contributed by atoms with Gasteiger partial charge in [-0.25, -0.2) is 4.79 Å². The van der Waals surface area contributed by atoms with Crippen molar-refractivity contribution in [3.8, 4) is 5.75 Å². The molecule has 1 aromatic rings. The molecule has 0 saturated heterocycles. The van der Waals surface area contributed by atoms with Crippen LogP contribution in [0.4, 0.5) is 0 Å². The van der Waals surface area contributed by atoms with Crippen molar-refractivity contribution in [3.63, 3.8) is 0 Å². The van der Waals surface area contributed by atoms with Crippen molar-refractivity contribution in [2.75, 3.05) is 0 Å². The minimum Gasteiger partial charge on any atom is -0.508 e. The van der Waals surface area contributed by atoms with Gasteiger partial charge in [0, 0.05) is 6.08 Å². The van der Waals surface area contributed by atoms with Crippen LogP contribution >= 0.6 is 0 Å². The summed E-state index contributed by atoms with van der Waals surface area (Å²) >= 11 is 0. The lowest BCUT2D eigenvalue weighted by molar-refractivity contribution is -0.131. The van der Waals surface area contributed by atoms with Crippen LogP contribution in [-0.4, -0.2) is 22.0 Å². The number of rotatable bonds is 2. The molecule has 0 heterocycles. The topological polar surface area (TPSA) is 74.6 Å². The van der Waals surface area contributed by atoms with E-state index in [1.54, 1.807) is 12.1 Å². The number of Topliss-reactive ketones (excluding diaryl/α,β-unsaturated/α-hetero) is 1. The first kappa shape index (κ1) is 13.9. The van der Waals surface area contributed by atoms with Crippen LogP contribution in [-0.2, 0) is 9.59 Å². The van der Waals surface area contributed by atoms with Crippen LogP contribution < -0.4 is 0 Å². The second-order valence-electron chi connectivity index (χ2n) is 3.17. The van der Waals surface area contributed by atoms with Gasteiger partial charge in [-0.2, -0.15) is 0 Å². The maximum atomic E-state index is 10.1. The van der Waals surface area contributed by atoms with E-state index in [0.717, 1.165) is 11.6 Å². The zero-order chi connectivity index (χ0) is 12.6. The third-order valence-corrected chi connectivity index (χ3v) is 1.31. The molecule has 0 spiro atoms. The highest BCUT2D eigenvalue weighted by molar-refractivity contribution is 5.85. The Kier molecular flexibility index (Phi) is 6.28. The standard InChI is InChI=1S/C9H8O3.C3H6O/c10-8-4-1-7(2-5-8)3-6-9(11)12;1-3(2)4/h1-6,10H,(H,11,12);1-2H3. The van der Waals surface area contributed by atoms with Crippen molar-refractivity contribution < 1.29 is 19.8 Å². The van der Waals surface area contributed by atoms with E-state index in [0.29, 0.717) is 0 Å². The van der Waals surface area contributed by atoms with Gasteiger partial charge in [0.1, 0.15) is 11.5 Å². The summed E-state index contributed by atoms with van der Waals surface area (Å²) in [5, 5.41) is 17.2. The zero-order valence-electron chi connectivity index (χ0n) is 9.18. The SMILES string of the molecule is CC(C)=O.O=C(O)C=Cc1ccc(O)cc1. The van der Waals surface area contributed by atoms with E-state index in [1.807, 2.05) is 0 Å². The molecule has 1 aromatic carbocycles. The van der Waals surface area contributed by atoms with Crippen molar-refractivity contribution >= 4 is 17.8 Å². The number of phenolic OH excluding ortho intramolecular Hbond substituents is 1. The molecule has 0 fully saturated rings. The molecule has 2 N–H and O–H groups in total. The van der Waals surface area contributed by atoms with Crippen molar-refractivity contribution in [1.82, 2.24) is 0 Å². The molecule has 1 rings (SSSR count). The Hall–Kier alpha value is -2.10. The van der Waals surface area contributed by atoms with E-state index >= 15 is 0 Å². The second kappa shape index (κ2) is 7.23. The molecule has 0 radical (unpaired) electrons. The van der Waals surface area contributed by atoms with Crippen LogP contribution in [0.25, 0.3) is 6.08 Å². The first-order chi connectivity index (χ1) is 7.41. The predicted octanol–water partition coefficient (Wildman–Crippen LogP) is 2.09. The molecule has 0 aliphatic heterocycles. The fourth-order valence-electron chi connectivity index (χ4n) is 0.753. The zero-order valence-corrected chi connectivity index (χ0v) is 9.18. The van der Waals surface area contributed by atoms with Crippen molar-refractivity contribution in [3.05, 3.63) is 35.9 Å². The molecule has 16 heavy (non-hydrogen) atoms. The van der Waals surface area contributed by atoms with Gasteiger partial charge in [0.2, 0.25) is 0 Å². The van der Waals surface area contributed by atoms with Crippen molar-refractivity contribution in [2.24, 2.45) is 0 Å². The number of aromatic hydroxyl groups is 1. The van der Waals surface area contributed by atoms with Crippen LogP contribution in [0.2, 0.25) is 0 Å². The Bertz CT molecular complexity index is 373. The molecule has 0 unspecified atom stereocenters. The summed E-state index contributed by atoms with van der Waals surface area (Å²) in [5.74, 6) is -0.648. The molecule has 0 aromatic heterocycles. The molecule has 4 nitrogen and oxygen atoms in total. The van der Waals surface area contributed by atoms with Crippen LogP contribution in [0.15, 0.2) is 30.3 Å². The maximum absolute atomic E-state index is 10.1. The summed E-state index contributed by atoms with van der Waals surface area (Å²) in [5.41, 5.74) is 0.746. The molecule has 0 saturated carbocycles. The third kappa shape index (κ3) is 8.50. The predicted molar refractivity (Wildman–Crippen MR) is 61.1 cm³/mol. The average molecular weight is 222 g/mol. The van der Waals surface area contributed by atoms with Gasteiger partial charge in [-0.15, -0.1) is 0 Å². The van der Waals surface area contributed by atoms with E-state index < -0.39 is 5.97 Å². The van der Waals surface area contributed by atoms with E-state index in [2.05, 4.69) is 0 Å². The number of benzene rings is 1. The monoisotopic (exact) mass is 222 g/mol. The second-order valence-corrected chi connectivity index (χ2v) is 3.17. The Morgan fingerprint density at radius 3 is 1.94 bits per heavy atom. The Labute approximate surface area is 93.8 Å². The largest absolute Gasteiger partial charge is 0.508 e. The highest BCUT2D eigenvalue weighted by Gasteiger charge is 1.89. The Morgan fingerprint density at radius 1 is 1.12 bits per heavy atom. The summed E-state index contributed by atoms with van der Waals surface area (Å²) in [6.07, 6.45) is 2.51. The Balaban J connectivity index is 0.000000487. The molecule has 0 atom stereocenters. The van der Waals surface area contributed by atoms with Gasteiger partial charge in [-0.1, -0.05) is 12.1 Å². The molecule has 86 valence electrons. The van der Waals surface area contributed by atoms with Crippen LogP contribution in [0.5, 0.6) is 5.75 Å². The summed E-state index contributed by atoms with van der Waals surface area (Å²) < 4.78 is 0. The third-order valence-electron chi connectivity index (χ3n) is 1.31. The number of phenols is 1. The molecular formula is C12H14O4. The normalized spacial score (nSPS) is 9.38. The first-order valence-corrected chi connectivity index (χ1v) is 4.59. The summed E-state index contributed by atoms with van der Waals surface area (Å²) in [7, 11) is 0. The van der Waals surface area contributed by atoms with Gasteiger partial charge in [0.15, 0.2) is 0 Å². The number of carbonyl (C=O) groups is 2. The van der Waals surface area contributed by atoms with E-state index in [4.69, 9.17) is 10.2 Å². The van der Waals surface area contributed by atoms with Gasteiger partial charge in [-0.3, -0.25) is 0 Å². The lowest BCUT2D eigenvalue weighted by atomic mass is 10.2. The summed E-state index contributed by atoms with van der Waals surface area (Å²) in [4.78, 5) is 19.5. The van der Waals surface area contributed by atoms with Crippen LogP contribution in [0.3, 0.4) is 0 Å². The van der Waals surface area contributed by atoms with Gasteiger partial charge in [-0.05, 0) is 37.6 Å². The Morgan fingerprint density at radius 2 is 1.56 bits per heavy atom. The number of ketones is 1. The lowest BCUT2D eigenvalue weighted by Crippen LogP contribution is -1.85. The highest BCUT2D eigenvalue weighted by atomic mass is 16.4. The van der Waals surface area contributed by atoms with Gasteiger partial charge >= 0.3 is 5.97 Å². The van der Waals surface area contributed by atoms with Crippen molar-refractivity contribution in [1.29, 1.82) is 0 Å². The quantitative estimate of drug-likeness (QED) is 0.751. The maximum Gasteiger partial charge on any atom is 0.328 e. The number of carbonyl (C=O) groups excluding carboxylic acids is 1. The molecule has 0 bridgehead atoms. The number of aliphatic carboxylic acids is 1. The van der Waals surface area contributed by atoms with E-state index in [-0.39, 0.29) is 11.5 Å². The van der Waals surface area contributed by atoms with E-state index in [9.17, 15) is 9.59 Å². The van der Waals surface area contributed by atoms with Crippen molar-refractivity contribution in [2.45, 2.75) is 13.8 Å². The van der Waals surface area contributed by atoms with E-state index in [1.165, 1.54) is 32.1 Å². The molecule has 0 aliphatic carbocycles. The number of carboxylic acid groups (broad SMARTS) is 1. The number of hydrogen-bond acceptors (Lipinski definition) is 3. The van der Waals surface area contributed by atoms with Crippen LogP contribution in [0, 0.1) is 0 Å². The molecule has 0 amide bonds. The summed E-state index contributed by atoms with van der Waals surface area (Å²) in [6, 6.07) is 6.27. The summed E-state index contributed by atoms with van der Waals surface area (Å²) in [6.45, 7) is 3.06. The number of carboxylic acids is 1. The van der Waals surface area contributed by atoms with Crippen LogP contribution in [0.1, 0.15) is 19.4 Å². The molecule has 0 aliphatic rings. The molecule has 4 heteroatoms. The smallest absolute Gasteiger partial charge is 0.328 e. The number of hydrogen-bond donors (Lipinski definition) is 2. The highest BCUT2D eigenvalue weighted by Crippen LogP contribution is 2.10. The minimum absolute atomic E-state index is 0.167.